The molecule has 0 atom stereocenters. The van der Waals surface area contributed by atoms with Crippen LogP contribution in [0.3, 0.4) is 0 Å². The second-order valence-corrected chi connectivity index (χ2v) is 8.28. The molecular formula is C28H44N2. The number of aryl methyl sites for hydroxylation is 4. The number of hydrogen-bond donors (Lipinski definition) is 0. The minimum atomic E-state index is 0.320. The van der Waals surface area contributed by atoms with Crippen molar-refractivity contribution in [2.45, 2.75) is 93.2 Å². The van der Waals surface area contributed by atoms with Crippen LogP contribution in [0.2, 0.25) is 0 Å². The van der Waals surface area contributed by atoms with E-state index in [1.54, 1.807) is 0 Å². The normalized spacial score (nSPS) is 11.2. The molecule has 2 nitrogen and oxygen atoms in total. The summed E-state index contributed by atoms with van der Waals surface area (Å²) in [4.78, 5) is 5.39. The molecule has 0 aliphatic carbocycles. The molecule has 2 aromatic rings. The molecule has 2 aromatic carbocycles. The molecule has 166 valence electrons. The van der Waals surface area contributed by atoms with E-state index < -0.39 is 0 Å². The number of rotatable bonds is 12. The zero-order chi connectivity index (χ0) is 22.1. The largest absolute Gasteiger partial charge is 0.351 e. The van der Waals surface area contributed by atoms with Crippen LogP contribution >= 0.6 is 0 Å². The fourth-order valence-electron chi connectivity index (χ4n) is 4.79. The van der Waals surface area contributed by atoms with Gasteiger partial charge in [-0.15, -0.1) is 0 Å². The minimum absolute atomic E-state index is 0.320. The van der Waals surface area contributed by atoms with Crippen LogP contribution in [0, 0.1) is 0 Å². The average molecular weight is 409 g/mol. The fourth-order valence-corrected chi connectivity index (χ4v) is 4.79. The first-order valence-electron chi connectivity index (χ1n) is 12.3. The molecule has 0 aliphatic heterocycles. The van der Waals surface area contributed by atoms with Crippen molar-refractivity contribution in [3.8, 4) is 0 Å². The lowest BCUT2D eigenvalue weighted by molar-refractivity contribution is 0.571. The standard InChI is InChI=1S/C28H44N2/c1-8-20-29(27-23(10-3)16-14-17-24(27)11-4)22(7)30(21-9-2)28-25(12-5)18-15-19-26(28)13-6/h14-19,22H,8-13,20-21H2,1-7H3. The molecule has 0 aliphatic rings. The van der Waals surface area contributed by atoms with E-state index in [4.69, 9.17) is 0 Å². The van der Waals surface area contributed by atoms with Gasteiger partial charge in [-0.25, -0.2) is 0 Å². The molecule has 0 saturated heterocycles. The van der Waals surface area contributed by atoms with Crippen LogP contribution < -0.4 is 9.80 Å². The summed E-state index contributed by atoms with van der Waals surface area (Å²) in [5.41, 5.74) is 8.86. The van der Waals surface area contributed by atoms with Gasteiger partial charge in [-0.1, -0.05) is 77.9 Å². The Morgan fingerprint density at radius 2 is 0.867 bits per heavy atom. The Balaban J connectivity index is 2.64. The van der Waals surface area contributed by atoms with Gasteiger partial charge < -0.3 is 9.80 Å². The van der Waals surface area contributed by atoms with Crippen LogP contribution in [-0.4, -0.2) is 19.3 Å². The van der Waals surface area contributed by atoms with Gasteiger partial charge in [0.25, 0.3) is 0 Å². The Morgan fingerprint density at radius 3 is 1.10 bits per heavy atom. The van der Waals surface area contributed by atoms with E-state index >= 15 is 0 Å². The number of hydrogen-bond acceptors (Lipinski definition) is 2. The highest BCUT2D eigenvalue weighted by molar-refractivity contribution is 5.65. The number of nitrogens with zero attached hydrogens (tertiary/aromatic N) is 2. The maximum atomic E-state index is 2.69. The Kier molecular flexibility index (Phi) is 9.75. The number of benzene rings is 2. The average Bonchev–Trinajstić information content (AvgIpc) is 2.79. The molecule has 2 rings (SSSR count). The van der Waals surface area contributed by atoms with Crippen molar-refractivity contribution >= 4 is 11.4 Å². The predicted molar refractivity (Wildman–Crippen MR) is 135 cm³/mol. The van der Waals surface area contributed by atoms with Crippen LogP contribution in [0.1, 0.15) is 83.6 Å². The summed E-state index contributed by atoms with van der Waals surface area (Å²) < 4.78 is 0. The first-order chi connectivity index (χ1) is 14.6. The van der Waals surface area contributed by atoms with E-state index in [1.165, 1.54) is 33.6 Å². The van der Waals surface area contributed by atoms with Gasteiger partial charge >= 0.3 is 0 Å². The third kappa shape index (κ3) is 5.20. The van der Waals surface area contributed by atoms with Crippen LogP contribution in [0.4, 0.5) is 11.4 Å². The highest BCUT2D eigenvalue weighted by Gasteiger charge is 2.26. The van der Waals surface area contributed by atoms with Crippen molar-refractivity contribution < 1.29 is 0 Å². The lowest BCUT2D eigenvalue weighted by Gasteiger charge is -2.43. The van der Waals surface area contributed by atoms with Crippen LogP contribution in [-0.2, 0) is 25.7 Å². The van der Waals surface area contributed by atoms with Gasteiger partial charge in [0, 0.05) is 24.5 Å². The van der Waals surface area contributed by atoms with E-state index in [0.717, 1.165) is 51.6 Å². The maximum absolute atomic E-state index is 2.69. The summed E-state index contributed by atoms with van der Waals surface area (Å²) in [7, 11) is 0. The van der Waals surface area contributed by atoms with Gasteiger partial charge in [-0.05, 0) is 67.7 Å². The smallest absolute Gasteiger partial charge is 0.0987 e. The summed E-state index contributed by atoms with van der Waals surface area (Å²) in [5.74, 6) is 0. The fraction of sp³-hybridized carbons (Fsp3) is 0.571. The predicted octanol–water partition coefficient (Wildman–Crippen LogP) is 7.42. The highest BCUT2D eigenvalue weighted by atomic mass is 15.4. The summed E-state index contributed by atoms with van der Waals surface area (Å²) in [6.45, 7) is 18.4. The number of anilines is 2. The molecule has 2 heteroatoms. The van der Waals surface area contributed by atoms with Crippen LogP contribution in [0.25, 0.3) is 0 Å². The van der Waals surface area contributed by atoms with Crippen LogP contribution in [0.15, 0.2) is 36.4 Å². The molecule has 0 N–H and O–H groups in total. The molecule has 0 unspecified atom stereocenters. The van der Waals surface area contributed by atoms with Gasteiger partial charge in [0.2, 0.25) is 0 Å². The second kappa shape index (κ2) is 12.0. The topological polar surface area (TPSA) is 6.48 Å². The summed E-state index contributed by atoms with van der Waals surface area (Å²) >= 11 is 0. The van der Waals surface area contributed by atoms with E-state index in [2.05, 4.69) is 94.7 Å². The molecular weight excluding hydrogens is 364 g/mol. The van der Waals surface area contributed by atoms with Crippen LogP contribution in [0.5, 0.6) is 0 Å². The summed E-state index contributed by atoms with van der Waals surface area (Å²) in [6.07, 6.45) is 6.94. The quantitative estimate of drug-likeness (QED) is 0.337. The summed E-state index contributed by atoms with van der Waals surface area (Å²) in [6, 6.07) is 13.8. The van der Waals surface area contributed by atoms with E-state index in [1.807, 2.05) is 0 Å². The Hall–Kier alpha value is -1.96. The Labute approximate surface area is 186 Å². The van der Waals surface area contributed by atoms with Crippen molar-refractivity contribution in [2.75, 3.05) is 22.9 Å². The Morgan fingerprint density at radius 1 is 0.567 bits per heavy atom. The zero-order valence-electron chi connectivity index (χ0n) is 20.6. The lowest BCUT2D eigenvalue weighted by Crippen LogP contribution is -2.49. The summed E-state index contributed by atoms with van der Waals surface area (Å²) in [5, 5.41) is 0. The number of para-hydroxylation sites is 2. The SMILES string of the molecule is CCCN(c1c(CC)cccc1CC)C(C)N(CCC)c1c(CC)cccc1CC. The molecule has 30 heavy (non-hydrogen) atoms. The molecule has 0 amide bonds. The third-order valence-corrected chi connectivity index (χ3v) is 6.34. The molecule has 0 bridgehead atoms. The van der Waals surface area contributed by atoms with Gasteiger partial charge in [-0.2, -0.15) is 0 Å². The molecule has 0 saturated carbocycles. The lowest BCUT2D eigenvalue weighted by atomic mass is 9.99. The zero-order valence-corrected chi connectivity index (χ0v) is 20.6. The highest BCUT2D eigenvalue weighted by Crippen LogP contribution is 2.34. The molecule has 0 heterocycles. The van der Waals surface area contributed by atoms with Gasteiger partial charge in [0.05, 0.1) is 6.17 Å². The molecule has 0 spiro atoms. The van der Waals surface area contributed by atoms with Crippen molar-refractivity contribution in [3.05, 3.63) is 58.7 Å². The van der Waals surface area contributed by atoms with Crippen molar-refractivity contribution in [1.82, 2.24) is 0 Å². The van der Waals surface area contributed by atoms with Gasteiger partial charge in [0.1, 0.15) is 0 Å². The third-order valence-electron chi connectivity index (χ3n) is 6.34. The van der Waals surface area contributed by atoms with E-state index in [0.29, 0.717) is 6.17 Å². The van der Waals surface area contributed by atoms with Crippen molar-refractivity contribution in [2.24, 2.45) is 0 Å². The second-order valence-electron chi connectivity index (χ2n) is 8.28. The Bertz CT molecular complexity index is 670. The maximum Gasteiger partial charge on any atom is 0.0987 e. The molecule has 0 fully saturated rings. The van der Waals surface area contributed by atoms with Gasteiger partial charge in [0.15, 0.2) is 0 Å². The van der Waals surface area contributed by atoms with E-state index in [-0.39, 0.29) is 0 Å². The van der Waals surface area contributed by atoms with Gasteiger partial charge in [-0.3, -0.25) is 0 Å². The first kappa shape index (κ1) is 24.3. The minimum Gasteiger partial charge on any atom is -0.351 e. The van der Waals surface area contributed by atoms with Crippen molar-refractivity contribution in [3.63, 3.8) is 0 Å². The monoisotopic (exact) mass is 408 g/mol. The van der Waals surface area contributed by atoms with E-state index in [9.17, 15) is 0 Å². The van der Waals surface area contributed by atoms with Crippen molar-refractivity contribution in [1.29, 1.82) is 0 Å². The first-order valence-corrected chi connectivity index (χ1v) is 12.3. The molecule has 0 radical (unpaired) electrons. The molecule has 0 aromatic heterocycles.